The lowest BCUT2D eigenvalue weighted by Gasteiger charge is -2.21. The van der Waals surface area contributed by atoms with E-state index in [0.717, 1.165) is 38.4 Å². The molecule has 0 amide bonds. The largest absolute Gasteiger partial charge is 0.463 e. The second-order valence-corrected chi connectivity index (χ2v) is 4.75. The molecule has 0 aliphatic carbocycles. The molecule has 0 saturated carbocycles. The van der Waals surface area contributed by atoms with E-state index in [9.17, 15) is 4.79 Å². The Morgan fingerprint density at radius 1 is 1.58 bits per heavy atom. The molecule has 2 heterocycles. The number of rotatable bonds is 6. The quantitative estimate of drug-likeness (QED) is 0.800. The second-order valence-electron chi connectivity index (χ2n) is 4.75. The van der Waals surface area contributed by atoms with Crippen LogP contribution in [-0.4, -0.2) is 32.8 Å². The van der Waals surface area contributed by atoms with Crippen molar-refractivity contribution in [1.82, 2.24) is 5.32 Å². The number of methoxy groups -OCH3 is 1. The van der Waals surface area contributed by atoms with E-state index >= 15 is 0 Å². The minimum absolute atomic E-state index is 0.0980. The summed E-state index contributed by atoms with van der Waals surface area (Å²) in [4.78, 5) is 11.4. The highest BCUT2D eigenvalue weighted by atomic mass is 16.5. The molecule has 1 aliphatic rings. The Morgan fingerprint density at radius 2 is 2.42 bits per heavy atom. The lowest BCUT2D eigenvalue weighted by atomic mass is 9.97. The monoisotopic (exact) mass is 267 g/mol. The van der Waals surface area contributed by atoms with Crippen LogP contribution in [0.1, 0.15) is 42.1 Å². The van der Waals surface area contributed by atoms with Crippen LogP contribution in [0, 0.1) is 5.92 Å². The molecule has 1 fully saturated rings. The van der Waals surface area contributed by atoms with Gasteiger partial charge in [-0.1, -0.05) is 6.92 Å². The first-order chi connectivity index (χ1) is 9.26. The lowest BCUT2D eigenvalue weighted by Crippen LogP contribution is -2.29. The molecule has 2 rings (SSSR count). The van der Waals surface area contributed by atoms with Crippen molar-refractivity contribution in [3.8, 4) is 0 Å². The topological polar surface area (TPSA) is 60.7 Å². The maximum absolute atomic E-state index is 11.4. The molecule has 106 valence electrons. The van der Waals surface area contributed by atoms with Gasteiger partial charge in [-0.2, -0.15) is 0 Å². The first-order valence-electron chi connectivity index (χ1n) is 6.75. The maximum Gasteiger partial charge on any atom is 0.373 e. The van der Waals surface area contributed by atoms with Crippen LogP contribution in [-0.2, 0) is 9.47 Å². The summed E-state index contributed by atoms with van der Waals surface area (Å²) < 4.78 is 15.7. The standard InChI is InChI=1S/C14H21NO4/c1-3-7-15-13(10-6-8-18-9-10)11-4-5-12(19-11)14(16)17-2/h4-5,10,13,15H,3,6-9H2,1-2H3. The van der Waals surface area contributed by atoms with Crippen molar-refractivity contribution < 1.29 is 18.7 Å². The lowest BCUT2D eigenvalue weighted by molar-refractivity contribution is 0.0560. The summed E-state index contributed by atoms with van der Waals surface area (Å²) in [5.41, 5.74) is 0. The van der Waals surface area contributed by atoms with Crippen molar-refractivity contribution in [2.75, 3.05) is 26.9 Å². The van der Waals surface area contributed by atoms with Crippen molar-refractivity contribution in [2.45, 2.75) is 25.8 Å². The zero-order chi connectivity index (χ0) is 13.7. The van der Waals surface area contributed by atoms with Gasteiger partial charge >= 0.3 is 5.97 Å². The molecule has 0 bridgehead atoms. The van der Waals surface area contributed by atoms with Gasteiger partial charge in [0.1, 0.15) is 5.76 Å². The number of furan rings is 1. The first kappa shape index (κ1) is 14.1. The highest BCUT2D eigenvalue weighted by molar-refractivity contribution is 5.86. The van der Waals surface area contributed by atoms with Crippen molar-refractivity contribution in [1.29, 1.82) is 0 Å². The second kappa shape index (κ2) is 6.73. The number of hydrogen-bond acceptors (Lipinski definition) is 5. The maximum atomic E-state index is 11.4. The summed E-state index contributed by atoms with van der Waals surface area (Å²) in [5.74, 6) is 0.982. The van der Waals surface area contributed by atoms with Gasteiger partial charge in [0.05, 0.1) is 19.8 Å². The average Bonchev–Trinajstić information content (AvgIpc) is 3.09. The molecule has 2 unspecified atom stereocenters. The fourth-order valence-corrected chi connectivity index (χ4v) is 2.35. The van der Waals surface area contributed by atoms with Crippen LogP contribution in [0.3, 0.4) is 0 Å². The molecule has 0 aromatic carbocycles. The number of hydrogen-bond donors (Lipinski definition) is 1. The Hall–Kier alpha value is -1.33. The summed E-state index contributed by atoms with van der Waals surface area (Å²) in [6.45, 7) is 4.56. The van der Waals surface area contributed by atoms with Crippen LogP contribution in [0.15, 0.2) is 16.5 Å². The number of nitrogens with one attached hydrogen (secondary N) is 1. The molecular weight excluding hydrogens is 246 g/mol. The summed E-state index contributed by atoms with van der Waals surface area (Å²) in [6.07, 6.45) is 2.06. The summed E-state index contributed by atoms with van der Waals surface area (Å²) in [7, 11) is 1.35. The highest BCUT2D eigenvalue weighted by Crippen LogP contribution is 2.30. The van der Waals surface area contributed by atoms with Crippen molar-refractivity contribution in [3.05, 3.63) is 23.7 Å². The molecule has 0 radical (unpaired) electrons. The van der Waals surface area contributed by atoms with Crippen molar-refractivity contribution >= 4 is 5.97 Å². The van der Waals surface area contributed by atoms with Gasteiger partial charge in [-0.05, 0) is 31.5 Å². The summed E-state index contributed by atoms with van der Waals surface area (Å²) >= 11 is 0. The minimum Gasteiger partial charge on any atom is -0.463 e. The molecule has 19 heavy (non-hydrogen) atoms. The summed E-state index contributed by atoms with van der Waals surface area (Å²) in [5, 5.41) is 3.47. The van der Waals surface area contributed by atoms with E-state index in [1.54, 1.807) is 6.07 Å². The third-order valence-electron chi connectivity index (χ3n) is 3.37. The van der Waals surface area contributed by atoms with E-state index in [-0.39, 0.29) is 11.8 Å². The Kier molecular flexibility index (Phi) is 4.99. The molecule has 2 atom stereocenters. The SMILES string of the molecule is CCCNC(c1ccc(C(=O)OC)o1)C1CCOC1. The van der Waals surface area contributed by atoms with Gasteiger partial charge in [0.15, 0.2) is 0 Å². The fourth-order valence-electron chi connectivity index (χ4n) is 2.35. The van der Waals surface area contributed by atoms with E-state index in [1.165, 1.54) is 7.11 Å². The minimum atomic E-state index is -0.442. The van der Waals surface area contributed by atoms with E-state index in [2.05, 4.69) is 17.0 Å². The van der Waals surface area contributed by atoms with Gasteiger partial charge in [-0.15, -0.1) is 0 Å². The first-order valence-corrected chi connectivity index (χ1v) is 6.75. The predicted octanol–water partition coefficient (Wildman–Crippen LogP) is 2.14. The van der Waals surface area contributed by atoms with Crippen LogP contribution in [0.4, 0.5) is 0 Å². The number of esters is 1. The van der Waals surface area contributed by atoms with Crippen molar-refractivity contribution in [2.24, 2.45) is 5.92 Å². The molecule has 1 aromatic rings. The van der Waals surface area contributed by atoms with Gasteiger partial charge in [-0.25, -0.2) is 4.79 Å². The Morgan fingerprint density at radius 3 is 3.05 bits per heavy atom. The molecule has 1 aromatic heterocycles. The predicted molar refractivity (Wildman–Crippen MR) is 70.0 cm³/mol. The average molecular weight is 267 g/mol. The molecule has 1 saturated heterocycles. The van der Waals surface area contributed by atoms with E-state index in [4.69, 9.17) is 9.15 Å². The summed E-state index contributed by atoms with van der Waals surface area (Å²) in [6, 6.07) is 3.61. The van der Waals surface area contributed by atoms with Gasteiger partial charge in [-0.3, -0.25) is 0 Å². The van der Waals surface area contributed by atoms with E-state index < -0.39 is 5.97 Å². The Balaban J connectivity index is 2.12. The fraction of sp³-hybridized carbons (Fsp3) is 0.643. The zero-order valence-corrected chi connectivity index (χ0v) is 11.5. The van der Waals surface area contributed by atoms with E-state index in [0.29, 0.717) is 5.92 Å². The van der Waals surface area contributed by atoms with Crippen LogP contribution < -0.4 is 5.32 Å². The third kappa shape index (κ3) is 3.36. The number of ether oxygens (including phenoxy) is 2. The number of carbonyl (C=O) groups is 1. The van der Waals surface area contributed by atoms with Crippen LogP contribution in [0.2, 0.25) is 0 Å². The van der Waals surface area contributed by atoms with Crippen LogP contribution in [0.5, 0.6) is 0 Å². The van der Waals surface area contributed by atoms with Gasteiger partial charge in [0.25, 0.3) is 0 Å². The number of carbonyl (C=O) groups excluding carboxylic acids is 1. The van der Waals surface area contributed by atoms with Crippen LogP contribution >= 0.6 is 0 Å². The Labute approximate surface area is 113 Å². The van der Waals surface area contributed by atoms with Crippen LogP contribution in [0.25, 0.3) is 0 Å². The smallest absolute Gasteiger partial charge is 0.373 e. The molecule has 0 spiro atoms. The highest BCUT2D eigenvalue weighted by Gasteiger charge is 2.29. The van der Waals surface area contributed by atoms with Crippen molar-refractivity contribution in [3.63, 3.8) is 0 Å². The molecule has 1 aliphatic heterocycles. The molecule has 1 N–H and O–H groups in total. The zero-order valence-electron chi connectivity index (χ0n) is 11.5. The van der Waals surface area contributed by atoms with Gasteiger partial charge < -0.3 is 19.2 Å². The third-order valence-corrected chi connectivity index (χ3v) is 3.37. The normalized spacial score (nSPS) is 20.4. The van der Waals surface area contributed by atoms with Gasteiger partial charge in [0, 0.05) is 12.5 Å². The van der Waals surface area contributed by atoms with Gasteiger partial charge in [0.2, 0.25) is 5.76 Å². The Bertz CT molecular complexity index is 409. The van der Waals surface area contributed by atoms with E-state index in [1.807, 2.05) is 6.07 Å². The molecule has 5 nitrogen and oxygen atoms in total. The molecule has 5 heteroatoms. The molecular formula is C14H21NO4.